The second-order valence-corrected chi connectivity index (χ2v) is 8.18. The van der Waals surface area contributed by atoms with Gasteiger partial charge in [-0.1, -0.05) is 41.9 Å². The van der Waals surface area contributed by atoms with Gasteiger partial charge in [-0.3, -0.25) is 0 Å². The fraction of sp³-hybridized carbons (Fsp3) is 0.348. The molecule has 0 amide bonds. The van der Waals surface area contributed by atoms with Crippen molar-refractivity contribution in [3.05, 3.63) is 71.5 Å². The molecule has 1 aromatic heterocycles. The van der Waals surface area contributed by atoms with Gasteiger partial charge in [0.05, 0.1) is 5.56 Å². The smallest absolute Gasteiger partial charge is 0.335 e. The average molecular weight is 389 g/mol. The minimum atomic E-state index is -0.948. The summed E-state index contributed by atoms with van der Waals surface area (Å²) < 4.78 is 5.51. The molecule has 2 N–H and O–H groups in total. The molecule has 0 unspecified atom stereocenters. The molecule has 2 atom stereocenters. The maximum Gasteiger partial charge on any atom is 0.335 e. The standard InChI is InChI=1S/C23H23N3O3/c27-21(28)17-9-7-16(8-10-17)20-25-22(26-29-20)23(11-4-12-23)14-24-19-13-18(19)15-5-2-1-3-6-15/h1-3,5-10,18-19,24H,4,11-14H2,(H,27,28)/t18-,19+/m1/s1. The van der Waals surface area contributed by atoms with Crippen LogP contribution in [0.5, 0.6) is 0 Å². The van der Waals surface area contributed by atoms with Gasteiger partial charge in [0.25, 0.3) is 5.89 Å². The van der Waals surface area contributed by atoms with E-state index in [-0.39, 0.29) is 11.0 Å². The quantitative estimate of drug-likeness (QED) is 0.635. The molecule has 0 aliphatic heterocycles. The number of carboxylic acid groups (broad SMARTS) is 1. The van der Waals surface area contributed by atoms with Gasteiger partial charge >= 0.3 is 5.97 Å². The molecule has 2 aliphatic carbocycles. The molecule has 2 aliphatic rings. The van der Waals surface area contributed by atoms with Crippen molar-refractivity contribution in [3.8, 4) is 11.5 Å². The first-order valence-electron chi connectivity index (χ1n) is 10.1. The van der Waals surface area contributed by atoms with Crippen LogP contribution in [-0.4, -0.2) is 33.8 Å². The zero-order valence-corrected chi connectivity index (χ0v) is 16.0. The Bertz CT molecular complexity index is 1010. The number of rotatable bonds is 7. The van der Waals surface area contributed by atoms with Crippen LogP contribution in [0.2, 0.25) is 0 Å². The molecule has 5 rings (SSSR count). The van der Waals surface area contributed by atoms with Crippen molar-refractivity contribution >= 4 is 5.97 Å². The van der Waals surface area contributed by atoms with E-state index in [4.69, 9.17) is 9.63 Å². The van der Waals surface area contributed by atoms with E-state index in [9.17, 15) is 4.79 Å². The van der Waals surface area contributed by atoms with E-state index in [0.717, 1.165) is 30.8 Å². The predicted molar refractivity (Wildman–Crippen MR) is 108 cm³/mol. The lowest BCUT2D eigenvalue weighted by atomic mass is 9.68. The summed E-state index contributed by atoms with van der Waals surface area (Å²) in [6.45, 7) is 0.859. The monoisotopic (exact) mass is 389 g/mol. The lowest BCUT2D eigenvalue weighted by molar-refractivity contribution is 0.0697. The molecule has 0 saturated heterocycles. The Balaban J connectivity index is 1.26. The van der Waals surface area contributed by atoms with Crippen molar-refractivity contribution in [3.63, 3.8) is 0 Å². The molecule has 1 heterocycles. The van der Waals surface area contributed by atoms with Gasteiger partial charge in [0, 0.05) is 29.5 Å². The molecule has 29 heavy (non-hydrogen) atoms. The fourth-order valence-electron chi connectivity index (χ4n) is 4.21. The third kappa shape index (κ3) is 3.44. The molecule has 6 heteroatoms. The van der Waals surface area contributed by atoms with Crippen LogP contribution in [0.15, 0.2) is 59.1 Å². The van der Waals surface area contributed by atoms with E-state index < -0.39 is 5.97 Å². The second kappa shape index (κ2) is 7.12. The van der Waals surface area contributed by atoms with Crippen LogP contribution in [0.1, 0.15) is 53.3 Å². The largest absolute Gasteiger partial charge is 0.478 e. The number of nitrogens with zero attached hydrogens (tertiary/aromatic N) is 2. The number of aromatic nitrogens is 2. The molecule has 6 nitrogen and oxygen atoms in total. The zero-order chi connectivity index (χ0) is 19.8. The summed E-state index contributed by atoms with van der Waals surface area (Å²) in [6.07, 6.45) is 4.46. The Kier molecular flexibility index (Phi) is 4.43. The van der Waals surface area contributed by atoms with Crippen LogP contribution in [-0.2, 0) is 5.41 Å². The van der Waals surface area contributed by atoms with Crippen molar-refractivity contribution in [1.29, 1.82) is 0 Å². The maximum absolute atomic E-state index is 11.0. The highest BCUT2D eigenvalue weighted by Crippen LogP contribution is 2.45. The number of carbonyl (C=O) groups is 1. The Morgan fingerprint density at radius 3 is 2.55 bits per heavy atom. The van der Waals surface area contributed by atoms with Crippen LogP contribution in [0, 0.1) is 0 Å². The molecule has 2 aromatic carbocycles. The van der Waals surface area contributed by atoms with Gasteiger partial charge in [-0.2, -0.15) is 4.98 Å². The highest BCUT2D eigenvalue weighted by atomic mass is 16.5. The van der Waals surface area contributed by atoms with Crippen LogP contribution >= 0.6 is 0 Å². The van der Waals surface area contributed by atoms with Gasteiger partial charge < -0.3 is 14.9 Å². The van der Waals surface area contributed by atoms with Gasteiger partial charge in [-0.15, -0.1) is 0 Å². The van der Waals surface area contributed by atoms with Crippen molar-refractivity contribution in [1.82, 2.24) is 15.5 Å². The predicted octanol–water partition coefficient (Wildman–Crippen LogP) is 4.00. The average Bonchev–Trinajstić information content (AvgIpc) is 3.33. The Morgan fingerprint density at radius 2 is 1.90 bits per heavy atom. The molecule has 3 aromatic rings. The van der Waals surface area contributed by atoms with Crippen molar-refractivity contribution < 1.29 is 14.4 Å². The highest BCUT2D eigenvalue weighted by Gasteiger charge is 2.46. The van der Waals surface area contributed by atoms with Gasteiger partial charge in [0.15, 0.2) is 5.82 Å². The van der Waals surface area contributed by atoms with Crippen molar-refractivity contribution in [2.24, 2.45) is 0 Å². The molecular formula is C23H23N3O3. The lowest BCUT2D eigenvalue weighted by Crippen LogP contribution is -2.45. The zero-order valence-electron chi connectivity index (χ0n) is 16.0. The van der Waals surface area contributed by atoms with E-state index in [2.05, 4.69) is 45.8 Å². The molecule has 2 fully saturated rings. The van der Waals surface area contributed by atoms with E-state index in [1.165, 1.54) is 18.4 Å². The first-order chi connectivity index (χ1) is 14.1. The topological polar surface area (TPSA) is 88.2 Å². The molecule has 0 spiro atoms. The van der Waals surface area contributed by atoms with Crippen molar-refractivity contribution in [2.45, 2.75) is 43.1 Å². The highest BCUT2D eigenvalue weighted by molar-refractivity contribution is 5.88. The summed E-state index contributed by atoms with van der Waals surface area (Å²) in [5.74, 6) is 0.848. The van der Waals surface area contributed by atoms with Gasteiger partial charge in [0.2, 0.25) is 0 Å². The lowest BCUT2D eigenvalue weighted by Gasteiger charge is -2.39. The van der Waals surface area contributed by atoms with Crippen LogP contribution < -0.4 is 5.32 Å². The van der Waals surface area contributed by atoms with E-state index in [1.807, 2.05) is 0 Å². The van der Waals surface area contributed by atoms with Gasteiger partial charge in [0.1, 0.15) is 0 Å². The van der Waals surface area contributed by atoms with E-state index in [1.54, 1.807) is 24.3 Å². The molecular weight excluding hydrogens is 366 g/mol. The summed E-state index contributed by atoms with van der Waals surface area (Å²) in [6, 6.07) is 17.7. The molecule has 0 radical (unpaired) electrons. The first kappa shape index (κ1) is 18.1. The number of hydrogen-bond donors (Lipinski definition) is 2. The Morgan fingerprint density at radius 1 is 1.14 bits per heavy atom. The third-order valence-electron chi connectivity index (χ3n) is 6.31. The summed E-state index contributed by atoms with van der Waals surface area (Å²) >= 11 is 0. The summed E-state index contributed by atoms with van der Waals surface area (Å²) in [7, 11) is 0. The normalized spacial score (nSPS) is 22.1. The molecule has 0 bridgehead atoms. The number of aromatic carboxylic acids is 1. The van der Waals surface area contributed by atoms with Crippen LogP contribution in [0.25, 0.3) is 11.5 Å². The minimum absolute atomic E-state index is 0.0629. The number of nitrogens with one attached hydrogen (secondary N) is 1. The number of carboxylic acids is 1. The van der Waals surface area contributed by atoms with Crippen molar-refractivity contribution in [2.75, 3.05) is 6.54 Å². The van der Waals surface area contributed by atoms with Crippen LogP contribution in [0.4, 0.5) is 0 Å². The second-order valence-electron chi connectivity index (χ2n) is 8.18. The molecule has 2 saturated carbocycles. The van der Waals surface area contributed by atoms with Gasteiger partial charge in [-0.05, 0) is 49.1 Å². The SMILES string of the molecule is O=C(O)c1ccc(-c2nc(C3(CN[C@H]4C[C@@H]4c4ccccc4)CCC3)no2)cc1. The summed E-state index contributed by atoms with van der Waals surface area (Å²) in [5.41, 5.74) is 2.32. The fourth-order valence-corrected chi connectivity index (χ4v) is 4.21. The summed E-state index contributed by atoms with van der Waals surface area (Å²) in [4.78, 5) is 15.7. The first-order valence-corrected chi connectivity index (χ1v) is 10.1. The van der Waals surface area contributed by atoms with E-state index >= 15 is 0 Å². The number of benzene rings is 2. The third-order valence-corrected chi connectivity index (χ3v) is 6.31. The minimum Gasteiger partial charge on any atom is -0.478 e. The van der Waals surface area contributed by atoms with Gasteiger partial charge in [-0.25, -0.2) is 4.79 Å². The Labute approximate surface area is 169 Å². The Hall–Kier alpha value is -2.99. The maximum atomic E-state index is 11.0. The summed E-state index contributed by atoms with van der Waals surface area (Å²) in [5, 5.41) is 17.0. The van der Waals surface area contributed by atoms with E-state index in [0.29, 0.717) is 17.9 Å². The van der Waals surface area contributed by atoms with Crippen LogP contribution in [0.3, 0.4) is 0 Å². The number of hydrogen-bond acceptors (Lipinski definition) is 5. The molecule has 148 valence electrons.